The molecule has 1 aromatic rings. The normalized spacial score (nSPS) is 38.2. The van der Waals surface area contributed by atoms with Gasteiger partial charge >= 0.3 is 12.1 Å². The van der Waals surface area contributed by atoms with Crippen LogP contribution in [-0.4, -0.2) is 41.0 Å². The summed E-state index contributed by atoms with van der Waals surface area (Å²) in [5.74, 6) is 0.758. The summed E-state index contributed by atoms with van der Waals surface area (Å²) in [5, 5.41) is 10.8. The average Bonchev–Trinajstić information content (AvgIpc) is 3.44. The van der Waals surface area contributed by atoms with Crippen LogP contribution in [0.4, 0.5) is 4.79 Å². The summed E-state index contributed by atoms with van der Waals surface area (Å²) in [7, 11) is 0. The van der Waals surface area contributed by atoms with Gasteiger partial charge in [0.05, 0.1) is 6.20 Å². The van der Waals surface area contributed by atoms with Crippen molar-refractivity contribution in [1.82, 2.24) is 10.5 Å². The molecule has 3 N–H and O–H groups in total. The predicted molar refractivity (Wildman–Crippen MR) is 182 cm³/mol. The van der Waals surface area contributed by atoms with E-state index in [1.54, 1.807) is 20.8 Å². The molecule has 1 aromatic heterocycles. The Kier molecular flexibility index (Phi) is 7.89. The molecule has 48 heavy (non-hydrogen) atoms. The zero-order valence-electron chi connectivity index (χ0n) is 30.7. The average molecular weight is 665 g/mol. The Morgan fingerprint density at radius 3 is 2.44 bits per heavy atom. The number of oxime groups is 1. The lowest BCUT2D eigenvalue weighted by Gasteiger charge is -2.69. The number of fused-ring (bicyclic) bond motifs is 8. The molecule has 10 nitrogen and oxygen atoms in total. The van der Waals surface area contributed by atoms with E-state index < -0.39 is 29.6 Å². The predicted octanol–water partition coefficient (Wildman–Crippen LogP) is 7.01. The van der Waals surface area contributed by atoms with Crippen LogP contribution in [0.2, 0.25) is 0 Å². The van der Waals surface area contributed by atoms with E-state index in [0.29, 0.717) is 5.92 Å². The highest BCUT2D eigenvalue weighted by molar-refractivity contribution is 5.97. The minimum Gasteiger partial charge on any atom is -0.444 e. The van der Waals surface area contributed by atoms with Gasteiger partial charge in [-0.25, -0.2) is 9.59 Å². The number of amidine groups is 1. The van der Waals surface area contributed by atoms with E-state index >= 15 is 0 Å². The third kappa shape index (κ3) is 5.13. The van der Waals surface area contributed by atoms with Gasteiger partial charge in [-0.1, -0.05) is 64.4 Å². The molecule has 3 saturated carbocycles. The number of nitrogens with zero attached hydrogens (tertiary/aromatic N) is 2. The molecule has 0 radical (unpaired) electrons. The standard InChI is InChI=1S/C38H56N4O6/c1-32(2,3)46-31(45)40-21-27(44)47-42-30(39)38-15-13-33(4,5)19-23(38)28-24(43)17-26-35(8)18-22-20-41-48-29(22)34(6,7)25(35)11-12-36(26,9)37(28,10)14-16-38/h17,20,23,25,28H,11-16,18-19,21H2,1-10H3,(H2,39,42)(H,40,45)/t23-,25-,28-,35-,36+,37+,38-/m0/s1. The Hall–Kier alpha value is -3.17. The number of nitrogens with two attached hydrogens (primary N) is 1. The van der Waals surface area contributed by atoms with E-state index in [9.17, 15) is 14.4 Å². The molecule has 1 heterocycles. The van der Waals surface area contributed by atoms with Gasteiger partial charge in [-0.3, -0.25) is 4.79 Å². The Labute approximate surface area is 285 Å². The van der Waals surface area contributed by atoms with Crippen molar-refractivity contribution in [2.75, 3.05) is 6.54 Å². The quantitative estimate of drug-likeness (QED) is 0.151. The summed E-state index contributed by atoms with van der Waals surface area (Å²) in [4.78, 5) is 44.8. The lowest BCUT2D eigenvalue weighted by Crippen LogP contribution is -2.66. The topological polar surface area (TPSA) is 146 Å². The summed E-state index contributed by atoms with van der Waals surface area (Å²) < 4.78 is 11.0. The third-order valence-electron chi connectivity index (χ3n) is 13.9. The maximum atomic E-state index is 14.8. The molecule has 5 aliphatic carbocycles. The minimum atomic E-state index is -0.737. The Bertz CT molecular complexity index is 1580. The van der Waals surface area contributed by atoms with Crippen molar-refractivity contribution < 1.29 is 28.5 Å². The summed E-state index contributed by atoms with van der Waals surface area (Å²) in [6.45, 7) is 21.1. The number of hydrogen-bond donors (Lipinski definition) is 2. The lowest BCUT2D eigenvalue weighted by molar-refractivity contribution is -0.162. The number of aromatic nitrogens is 1. The maximum absolute atomic E-state index is 14.8. The van der Waals surface area contributed by atoms with E-state index in [-0.39, 0.29) is 50.5 Å². The van der Waals surface area contributed by atoms with E-state index in [4.69, 9.17) is 19.8 Å². The molecule has 0 spiro atoms. The second-order valence-electron chi connectivity index (χ2n) is 18.7. The molecular formula is C38H56N4O6. The molecule has 264 valence electrons. The molecule has 0 saturated heterocycles. The highest BCUT2D eigenvalue weighted by Gasteiger charge is 2.70. The molecule has 3 fully saturated rings. The summed E-state index contributed by atoms with van der Waals surface area (Å²) in [6.07, 6.45) is 10.2. The first kappa shape index (κ1) is 34.7. The molecule has 0 unspecified atom stereocenters. The second-order valence-corrected chi connectivity index (χ2v) is 18.7. The van der Waals surface area contributed by atoms with Crippen LogP contribution >= 0.6 is 0 Å². The Morgan fingerprint density at radius 1 is 1.06 bits per heavy atom. The third-order valence-corrected chi connectivity index (χ3v) is 13.9. The lowest BCUT2D eigenvalue weighted by atomic mass is 9.34. The van der Waals surface area contributed by atoms with Gasteiger partial charge in [0, 0.05) is 22.3 Å². The van der Waals surface area contributed by atoms with Gasteiger partial charge in [-0.15, -0.1) is 0 Å². The number of ketones is 1. The van der Waals surface area contributed by atoms with Crippen LogP contribution in [-0.2, 0) is 31.0 Å². The summed E-state index contributed by atoms with van der Waals surface area (Å²) in [6, 6.07) is 0. The zero-order valence-corrected chi connectivity index (χ0v) is 30.7. The van der Waals surface area contributed by atoms with Crippen molar-refractivity contribution >= 4 is 23.7 Å². The fraction of sp³-hybridized carbons (Fsp3) is 0.763. The van der Waals surface area contributed by atoms with E-state index in [0.717, 1.165) is 62.7 Å². The van der Waals surface area contributed by atoms with Crippen molar-refractivity contribution in [2.45, 2.75) is 132 Å². The van der Waals surface area contributed by atoms with Crippen LogP contribution in [0.3, 0.4) is 0 Å². The smallest absolute Gasteiger partial charge is 0.408 e. The second kappa shape index (κ2) is 10.9. The van der Waals surface area contributed by atoms with Gasteiger partial charge in [0.1, 0.15) is 23.7 Å². The summed E-state index contributed by atoms with van der Waals surface area (Å²) >= 11 is 0. The van der Waals surface area contributed by atoms with Gasteiger partial charge in [-0.2, -0.15) is 0 Å². The van der Waals surface area contributed by atoms with Crippen LogP contribution < -0.4 is 11.1 Å². The van der Waals surface area contributed by atoms with Crippen LogP contribution in [0.5, 0.6) is 0 Å². The number of nitrogens with one attached hydrogen (secondary N) is 1. The first-order valence-corrected chi connectivity index (χ1v) is 17.8. The molecule has 6 rings (SSSR count). The van der Waals surface area contributed by atoms with Crippen LogP contribution in [0.15, 0.2) is 27.5 Å². The first-order valence-electron chi connectivity index (χ1n) is 17.8. The number of hydrogen-bond acceptors (Lipinski definition) is 8. The van der Waals surface area contributed by atoms with E-state index in [1.807, 2.05) is 12.3 Å². The van der Waals surface area contributed by atoms with Gasteiger partial charge in [0.15, 0.2) is 5.78 Å². The first-order chi connectivity index (χ1) is 22.1. The van der Waals surface area contributed by atoms with E-state index in [1.165, 1.54) is 5.57 Å². The number of carbonyl (C=O) groups excluding carboxylic acids is 3. The van der Waals surface area contributed by atoms with Crippen molar-refractivity contribution in [3.05, 3.63) is 29.2 Å². The molecule has 10 heteroatoms. The molecule has 1 amide bonds. The van der Waals surface area contributed by atoms with Gasteiger partial charge in [0.2, 0.25) is 0 Å². The zero-order chi connectivity index (χ0) is 35.3. The van der Waals surface area contributed by atoms with Crippen molar-refractivity contribution in [2.24, 2.45) is 55.7 Å². The van der Waals surface area contributed by atoms with Gasteiger partial charge in [0.25, 0.3) is 0 Å². The minimum absolute atomic E-state index is 0.0214. The Balaban J connectivity index is 1.33. The number of allylic oxidation sites excluding steroid dienone is 2. The largest absolute Gasteiger partial charge is 0.444 e. The Morgan fingerprint density at radius 2 is 1.75 bits per heavy atom. The van der Waals surface area contributed by atoms with E-state index in [2.05, 4.69) is 64.1 Å². The van der Waals surface area contributed by atoms with Crippen molar-refractivity contribution in [3.63, 3.8) is 0 Å². The molecule has 0 bridgehead atoms. The molecule has 5 aliphatic rings. The van der Waals surface area contributed by atoms with Crippen LogP contribution in [0, 0.1) is 44.8 Å². The molecule has 7 atom stereocenters. The fourth-order valence-corrected chi connectivity index (χ4v) is 11.4. The fourth-order valence-electron chi connectivity index (χ4n) is 11.4. The maximum Gasteiger partial charge on any atom is 0.408 e. The monoisotopic (exact) mass is 664 g/mol. The van der Waals surface area contributed by atoms with Crippen molar-refractivity contribution in [1.29, 1.82) is 0 Å². The highest BCUT2D eigenvalue weighted by atomic mass is 16.7. The number of ether oxygens (including phenoxy) is 1. The summed E-state index contributed by atoms with van der Waals surface area (Å²) in [5.41, 5.74) is 7.20. The van der Waals surface area contributed by atoms with Gasteiger partial charge < -0.3 is 25.1 Å². The highest BCUT2D eigenvalue weighted by Crippen LogP contribution is 2.74. The van der Waals surface area contributed by atoms with Crippen molar-refractivity contribution in [3.8, 4) is 0 Å². The molecule has 0 aliphatic heterocycles. The molecule has 0 aromatic carbocycles. The SMILES string of the molecule is CC1(C)CC[C@]2(/C(N)=N/OC(=O)CNC(=O)OC(C)(C)C)CC[C@]3(C)[C@H](C(=O)C=C4[C@@]5(C)Cc6cnoc6C(C)(C)[C@@H]5CC[C@]43C)[C@@H]2C1. The number of amides is 1. The number of rotatable bonds is 4. The number of alkyl carbamates (subject to hydrolysis) is 1. The van der Waals surface area contributed by atoms with Gasteiger partial charge in [-0.05, 0) is 112 Å². The molecular weight excluding hydrogens is 608 g/mol. The number of carbonyl (C=O) groups is 3. The van der Waals surface area contributed by atoms with Crippen LogP contribution in [0.25, 0.3) is 0 Å². The van der Waals surface area contributed by atoms with Crippen LogP contribution in [0.1, 0.15) is 126 Å².